The Hall–Kier alpha value is -1.55. The molecule has 0 radical (unpaired) electrons. The van der Waals surface area contributed by atoms with Crippen LogP contribution in [-0.4, -0.2) is 18.4 Å². The molecule has 20 heavy (non-hydrogen) atoms. The lowest BCUT2D eigenvalue weighted by Crippen LogP contribution is -2.36. The second-order valence-corrected chi connectivity index (χ2v) is 6.12. The number of halogens is 1. The number of carbonyl (C=O) groups excluding carboxylic acids is 2. The van der Waals surface area contributed by atoms with Gasteiger partial charge < -0.3 is 10.6 Å². The van der Waals surface area contributed by atoms with Gasteiger partial charge in [-0.1, -0.05) is 38.4 Å². The number of rotatable bonds is 4. The maximum absolute atomic E-state index is 11.8. The lowest BCUT2D eigenvalue weighted by Gasteiger charge is -2.17. The molecule has 0 saturated heterocycles. The maximum Gasteiger partial charge on any atom is 0.226 e. The molecule has 0 aliphatic rings. The van der Waals surface area contributed by atoms with E-state index in [1.165, 1.54) is 0 Å². The van der Waals surface area contributed by atoms with Gasteiger partial charge in [0.15, 0.2) is 0 Å². The molecule has 0 saturated carbocycles. The highest BCUT2D eigenvalue weighted by Crippen LogP contribution is 2.22. The maximum atomic E-state index is 11.8. The zero-order chi connectivity index (χ0) is 15.3. The number of nitrogens with one attached hydrogen (secondary N) is 2. The fraction of sp³-hybridized carbons (Fsp3) is 0.467. The molecule has 0 bridgehead atoms. The van der Waals surface area contributed by atoms with Crippen LogP contribution in [0.4, 0.5) is 5.69 Å². The summed E-state index contributed by atoms with van der Waals surface area (Å²) in [5.41, 5.74) is 1.09. The number of anilines is 1. The molecule has 0 aliphatic heterocycles. The Morgan fingerprint density at radius 1 is 1.25 bits per heavy atom. The van der Waals surface area contributed by atoms with Crippen LogP contribution in [0.25, 0.3) is 0 Å². The normalized spacial score (nSPS) is 11.1. The first kappa shape index (κ1) is 16.5. The molecule has 110 valence electrons. The Labute approximate surface area is 124 Å². The van der Waals surface area contributed by atoms with Crippen LogP contribution in [0.2, 0.25) is 5.02 Å². The van der Waals surface area contributed by atoms with Gasteiger partial charge in [0.2, 0.25) is 11.8 Å². The van der Waals surface area contributed by atoms with Gasteiger partial charge in [0.05, 0.1) is 0 Å². The molecule has 0 atom stereocenters. The summed E-state index contributed by atoms with van der Waals surface area (Å²) in [5.74, 6) is -0.214. The van der Waals surface area contributed by atoms with Crippen LogP contribution >= 0.6 is 11.6 Å². The number of hydrogen-bond acceptors (Lipinski definition) is 2. The van der Waals surface area contributed by atoms with Gasteiger partial charge in [0.25, 0.3) is 0 Å². The van der Waals surface area contributed by atoms with Crippen molar-refractivity contribution in [1.82, 2.24) is 5.32 Å². The summed E-state index contributed by atoms with van der Waals surface area (Å²) in [6.07, 6.45) is 0.230. The van der Waals surface area contributed by atoms with Crippen molar-refractivity contribution in [2.24, 2.45) is 5.41 Å². The number of hydrogen-bond donors (Lipinski definition) is 2. The smallest absolute Gasteiger partial charge is 0.226 e. The van der Waals surface area contributed by atoms with E-state index in [2.05, 4.69) is 10.6 Å². The molecule has 0 spiro atoms. The van der Waals surface area contributed by atoms with Crippen LogP contribution in [0.1, 0.15) is 32.8 Å². The highest BCUT2D eigenvalue weighted by molar-refractivity contribution is 6.31. The first-order valence-corrected chi connectivity index (χ1v) is 6.93. The molecule has 1 rings (SSSR count). The molecule has 0 aromatic heterocycles. The molecule has 2 N–H and O–H groups in total. The standard InChI is InChI=1S/C15H21ClN2O2/c1-10-11(16)6-5-7-12(10)18-13(19)8-9-17-14(20)15(2,3)4/h5-7H,8-9H2,1-4H3,(H,17,20)(H,18,19). The fourth-order valence-electron chi connectivity index (χ4n) is 1.51. The fourth-order valence-corrected chi connectivity index (χ4v) is 1.68. The van der Waals surface area contributed by atoms with Crippen LogP contribution < -0.4 is 10.6 Å². The molecule has 0 fully saturated rings. The van der Waals surface area contributed by atoms with Gasteiger partial charge in [-0.25, -0.2) is 0 Å². The van der Waals surface area contributed by atoms with Gasteiger partial charge in [0, 0.05) is 29.1 Å². The average molecular weight is 297 g/mol. The van der Waals surface area contributed by atoms with Gasteiger partial charge in [-0.15, -0.1) is 0 Å². The van der Waals surface area contributed by atoms with Crippen LogP contribution in [-0.2, 0) is 9.59 Å². The van der Waals surface area contributed by atoms with Gasteiger partial charge >= 0.3 is 0 Å². The lowest BCUT2D eigenvalue weighted by molar-refractivity contribution is -0.128. The van der Waals surface area contributed by atoms with Crippen molar-refractivity contribution >= 4 is 29.1 Å². The minimum atomic E-state index is -0.444. The number of benzene rings is 1. The third-order valence-corrected chi connectivity index (χ3v) is 3.27. The predicted octanol–water partition coefficient (Wildman–Crippen LogP) is 3.14. The molecule has 0 aliphatic carbocycles. The van der Waals surface area contributed by atoms with Crippen molar-refractivity contribution in [3.63, 3.8) is 0 Å². The molecule has 1 aromatic rings. The second-order valence-electron chi connectivity index (χ2n) is 5.72. The van der Waals surface area contributed by atoms with Gasteiger partial charge in [-0.3, -0.25) is 9.59 Å². The molecular weight excluding hydrogens is 276 g/mol. The monoisotopic (exact) mass is 296 g/mol. The van der Waals surface area contributed by atoms with E-state index >= 15 is 0 Å². The second kappa shape index (κ2) is 6.75. The average Bonchev–Trinajstić information content (AvgIpc) is 2.33. The van der Waals surface area contributed by atoms with Crippen molar-refractivity contribution in [3.05, 3.63) is 28.8 Å². The van der Waals surface area contributed by atoms with E-state index in [-0.39, 0.29) is 18.2 Å². The predicted molar refractivity (Wildman–Crippen MR) is 81.9 cm³/mol. The summed E-state index contributed by atoms with van der Waals surface area (Å²) < 4.78 is 0. The molecule has 1 aromatic carbocycles. The van der Waals surface area contributed by atoms with Crippen LogP contribution in [0.15, 0.2) is 18.2 Å². The summed E-state index contributed by atoms with van der Waals surface area (Å²) in [4.78, 5) is 23.4. The van der Waals surface area contributed by atoms with E-state index in [4.69, 9.17) is 11.6 Å². The molecule has 0 unspecified atom stereocenters. The van der Waals surface area contributed by atoms with Crippen molar-refractivity contribution in [3.8, 4) is 0 Å². The lowest BCUT2D eigenvalue weighted by atomic mass is 9.96. The van der Waals surface area contributed by atoms with E-state index < -0.39 is 5.41 Å². The zero-order valence-corrected chi connectivity index (χ0v) is 13.1. The summed E-state index contributed by atoms with van der Waals surface area (Å²) in [6.45, 7) is 7.66. The first-order valence-electron chi connectivity index (χ1n) is 6.55. The van der Waals surface area contributed by atoms with Crippen molar-refractivity contribution < 1.29 is 9.59 Å². The quantitative estimate of drug-likeness (QED) is 0.897. The molecular formula is C15H21ClN2O2. The van der Waals surface area contributed by atoms with Crippen molar-refractivity contribution in [1.29, 1.82) is 0 Å². The highest BCUT2D eigenvalue weighted by atomic mass is 35.5. The van der Waals surface area contributed by atoms with Crippen LogP contribution in [0, 0.1) is 12.3 Å². The van der Waals surface area contributed by atoms with E-state index in [0.29, 0.717) is 17.3 Å². The van der Waals surface area contributed by atoms with E-state index in [0.717, 1.165) is 5.56 Å². The largest absolute Gasteiger partial charge is 0.355 e. The summed E-state index contributed by atoms with van der Waals surface area (Å²) in [7, 11) is 0. The van der Waals surface area contributed by atoms with Crippen LogP contribution in [0.5, 0.6) is 0 Å². The topological polar surface area (TPSA) is 58.2 Å². The summed E-state index contributed by atoms with van der Waals surface area (Å²) >= 11 is 5.99. The minimum absolute atomic E-state index is 0.0655. The Morgan fingerprint density at radius 2 is 1.90 bits per heavy atom. The Morgan fingerprint density at radius 3 is 2.50 bits per heavy atom. The van der Waals surface area contributed by atoms with E-state index in [1.807, 2.05) is 27.7 Å². The van der Waals surface area contributed by atoms with Gasteiger partial charge in [-0.2, -0.15) is 0 Å². The Bertz CT molecular complexity index is 507. The SMILES string of the molecule is Cc1c(Cl)cccc1NC(=O)CCNC(=O)C(C)(C)C. The van der Waals surface area contributed by atoms with Gasteiger partial charge in [-0.05, 0) is 24.6 Å². The number of carbonyl (C=O) groups is 2. The molecule has 4 nitrogen and oxygen atoms in total. The van der Waals surface area contributed by atoms with Crippen molar-refractivity contribution in [2.75, 3.05) is 11.9 Å². The zero-order valence-electron chi connectivity index (χ0n) is 12.3. The van der Waals surface area contributed by atoms with Crippen molar-refractivity contribution in [2.45, 2.75) is 34.1 Å². The first-order chi connectivity index (χ1) is 9.21. The third-order valence-electron chi connectivity index (χ3n) is 2.86. The summed E-state index contributed by atoms with van der Waals surface area (Å²) in [5, 5.41) is 6.14. The Kier molecular flexibility index (Phi) is 5.57. The summed E-state index contributed by atoms with van der Waals surface area (Å²) in [6, 6.07) is 5.36. The number of amides is 2. The van der Waals surface area contributed by atoms with E-state index in [9.17, 15) is 9.59 Å². The molecule has 5 heteroatoms. The molecule has 0 heterocycles. The van der Waals surface area contributed by atoms with Crippen LogP contribution in [0.3, 0.4) is 0 Å². The Balaban J connectivity index is 2.45. The minimum Gasteiger partial charge on any atom is -0.355 e. The van der Waals surface area contributed by atoms with E-state index in [1.54, 1.807) is 18.2 Å². The molecule has 2 amide bonds. The third kappa shape index (κ3) is 4.85. The highest BCUT2D eigenvalue weighted by Gasteiger charge is 2.20. The van der Waals surface area contributed by atoms with Gasteiger partial charge in [0.1, 0.15) is 0 Å².